The molecule has 232 valence electrons. The van der Waals surface area contributed by atoms with Gasteiger partial charge in [0.15, 0.2) is 0 Å². The molecule has 0 radical (unpaired) electrons. The van der Waals surface area contributed by atoms with Crippen molar-refractivity contribution >= 4 is 38.8 Å². The molecule has 8 rings (SSSR count). The standard InChI is InChI=1S/C46H37NO/c1-46(2,3)44-41-20-9-10-22-43(41)48-45(44)37-17-11-18-39(31-37)47(42-21-12-16-36-15-7-8-19-40(36)42)38-29-27-35(28-30-38)34-25-23-33(24-26-34)32-13-5-4-6-14-32/h4-31H,1-3H3. The largest absolute Gasteiger partial charge is 0.456 e. The molecule has 0 saturated carbocycles. The Morgan fingerprint density at radius 1 is 0.438 bits per heavy atom. The second kappa shape index (κ2) is 12.1. The van der Waals surface area contributed by atoms with Crippen molar-refractivity contribution in [3.63, 3.8) is 0 Å². The van der Waals surface area contributed by atoms with Gasteiger partial charge in [0.05, 0.1) is 5.69 Å². The Hall–Kier alpha value is -5.86. The van der Waals surface area contributed by atoms with Crippen LogP contribution >= 0.6 is 0 Å². The lowest BCUT2D eigenvalue weighted by Gasteiger charge is -2.27. The molecule has 0 aliphatic rings. The van der Waals surface area contributed by atoms with Crippen molar-refractivity contribution in [1.82, 2.24) is 0 Å². The second-order valence-corrected chi connectivity index (χ2v) is 13.4. The maximum atomic E-state index is 6.61. The Kier molecular flexibility index (Phi) is 7.42. The lowest BCUT2D eigenvalue weighted by molar-refractivity contribution is 0.568. The Morgan fingerprint density at radius 2 is 0.979 bits per heavy atom. The fourth-order valence-corrected chi connectivity index (χ4v) is 6.90. The number of fused-ring (bicyclic) bond motifs is 2. The molecule has 0 aliphatic carbocycles. The van der Waals surface area contributed by atoms with Crippen LogP contribution in [0.4, 0.5) is 17.1 Å². The van der Waals surface area contributed by atoms with Gasteiger partial charge in [-0.2, -0.15) is 0 Å². The number of benzene rings is 7. The molecule has 2 nitrogen and oxygen atoms in total. The third-order valence-electron chi connectivity index (χ3n) is 9.17. The van der Waals surface area contributed by atoms with Crippen molar-refractivity contribution in [1.29, 1.82) is 0 Å². The van der Waals surface area contributed by atoms with E-state index >= 15 is 0 Å². The maximum absolute atomic E-state index is 6.61. The molecule has 0 saturated heterocycles. The van der Waals surface area contributed by atoms with Crippen LogP contribution in [-0.4, -0.2) is 0 Å². The molecule has 0 atom stereocenters. The molecule has 0 bridgehead atoms. The Balaban J connectivity index is 1.24. The summed E-state index contributed by atoms with van der Waals surface area (Å²) >= 11 is 0. The van der Waals surface area contributed by atoms with Crippen molar-refractivity contribution in [2.24, 2.45) is 0 Å². The molecule has 7 aromatic carbocycles. The van der Waals surface area contributed by atoms with E-state index in [1.807, 2.05) is 6.07 Å². The molecular weight excluding hydrogens is 583 g/mol. The van der Waals surface area contributed by atoms with E-state index in [0.29, 0.717) is 0 Å². The van der Waals surface area contributed by atoms with E-state index in [0.717, 1.165) is 34.0 Å². The fraction of sp³-hybridized carbons (Fsp3) is 0.0870. The zero-order valence-electron chi connectivity index (χ0n) is 27.5. The summed E-state index contributed by atoms with van der Waals surface area (Å²) in [6, 6.07) is 60.6. The second-order valence-electron chi connectivity index (χ2n) is 13.4. The van der Waals surface area contributed by atoms with E-state index in [2.05, 4.69) is 189 Å². The molecule has 1 heterocycles. The van der Waals surface area contributed by atoms with Crippen LogP contribution in [0.15, 0.2) is 174 Å². The van der Waals surface area contributed by atoms with Gasteiger partial charge >= 0.3 is 0 Å². The molecule has 0 fully saturated rings. The minimum atomic E-state index is -0.0949. The number of furan rings is 1. The first-order valence-corrected chi connectivity index (χ1v) is 16.6. The molecule has 1 aromatic heterocycles. The van der Waals surface area contributed by atoms with Gasteiger partial charge in [0.1, 0.15) is 11.3 Å². The van der Waals surface area contributed by atoms with Gasteiger partial charge in [-0.05, 0) is 69.5 Å². The van der Waals surface area contributed by atoms with Crippen molar-refractivity contribution in [2.75, 3.05) is 4.90 Å². The molecule has 0 amide bonds. The van der Waals surface area contributed by atoms with E-state index in [1.165, 1.54) is 44.0 Å². The number of hydrogen-bond acceptors (Lipinski definition) is 2. The summed E-state index contributed by atoms with van der Waals surface area (Å²) in [4.78, 5) is 2.37. The summed E-state index contributed by atoms with van der Waals surface area (Å²) < 4.78 is 6.61. The van der Waals surface area contributed by atoms with E-state index in [4.69, 9.17) is 4.42 Å². The highest BCUT2D eigenvalue weighted by Crippen LogP contribution is 2.44. The highest BCUT2D eigenvalue weighted by molar-refractivity contribution is 5.99. The van der Waals surface area contributed by atoms with Crippen LogP contribution in [0, 0.1) is 0 Å². The summed E-state index contributed by atoms with van der Waals surface area (Å²) in [5, 5.41) is 3.58. The third-order valence-corrected chi connectivity index (χ3v) is 9.17. The van der Waals surface area contributed by atoms with Crippen LogP contribution in [0.2, 0.25) is 0 Å². The summed E-state index contributed by atoms with van der Waals surface area (Å²) in [5.41, 5.74) is 11.2. The van der Waals surface area contributed by atoms with Gasteiger partial charge in [-0.15, -0.1) is 0 Å². The highest BCUT2D eigenvalue weighted by atomic mass is 16.3. The quantitative estimate of drug-likeness (QED) is 0.184. The first-order valence-electron chi connectivity index (χ1n) is 16.6. The third kappa shape index (κ3) is 5.46. The molecule has 8 aromatic rings. The average molecular weight is 620 g/mol. The first kappa shape index (κ1) is 29.5. The van der Waals surface area contributed by atoms with Gasteiger partial charge in [0, 0.05) is 33.3 Å². The molecule has 0 N–H and O–H groups in total. The average Bonchev–Trinajstić information content (AvgIpc) is 3.54. The number of rotatable bonds is 6. The minimum absolute atomic E-state index is 0.0949. The number of anilines is 3. The fourth-order valence-electron chi connectivity index (χ4n) is 6.90. The lowest BCUT2D eigenvalue weighted by atomic mass is 9.83. The van der Waals surface area contributed by atoms with Crippen molar-refractivity contribution in [3.8, 4) is 33.6 Å². The Morgan fingerprint density at radius 3 is 1.69 bits per heavy atom. The van der Waals surface area contributed by atoms with Gasteiger partial charge in [-0.1, -0.05) is 154 Å². The van der Waals surface area contributed by atoms with Crippen molar-refractivity contribution < 1.29 is 4.42 Å². The van der Waals surface area contributed by atoms with Gasteiger partial charge in [0.2, 0.25) is 0 Å². The minimum Gasteiger partial charge on any atom is -0.456 e. The van der Waals surface area contributed by atoms with Crippen molar-refractivity contribution in [2.45, 2.75) is 26.2 Å². The van der Waals surface area contributed by atoms with Gasteiger partial charge in [0.25, 0.3) is 0 Å². The van der Waals surface area contributed by atoms with Crippen molar-refractivity contribution in [3.05, 3.63) is 175 Å². The van der Waals surface area contributed by atoms with Crippen LogP contribution in [-0.2, 0) is 5.41 Å². The van der Waals surface area contributed by atoms with E-state index in [-0.39, 0.29) is 5.41 Å². The number of nitrogens with zero attached hydrogens (tertiary/aromatic N) is 1. The molecule has 0 unspecified atom stereocenters. The summed E-state index contributed by atoms with van der Waals surface area (Å²) in [5.74, 6) is 0.928. The summed E-state index contributed by atoms with van der Waals surface area (Å²) in [7, 11) is 0. The van der Waals surface area contributed by atoms with E-state index in [9.17, 15) is 0 Å². The van der Waals surface area contributed by atoms with Gasteiger partial charge < -0.3 is 9.32 Å². The maximum Gasteiger partial charge on any atom is 0.139 e. The summed E-state index contributed by atoms with van der Waals surface area (Å²) in [6.07, 6.45) is 0. The Bertz CT molecular complexity index is 2350. The van der Waals surface area contributed by atoms with E-state index in [1.54, 1.807) is 0 Å². The lowest BCUT2D eigenvalue weighted by Crippen LogP contribution is -2.12. The SMILES string of the molecule is CC(C)(C)c1c(-c2cccc(N(c3ccc(-c4ccc(-c5ccccc5)cc4)cc3)c3cccc4ccccc34)c2)oc2ccccc12. The van der Waals surface area contributed by atoms with Crippen LogP contribution in [0.5, 0.6) is 0 Å². The molecule has 0 spiro atoms. The zero-order chi connectivity index (χ0) is 32.7. The van der Waals surface area contributed by atoms with Crippen LogP contribution in [0.3, 0.4) is 0 Å². The van der Waals surface area contributed by atoms with Gasteiger partial charge in [-0.25, -0.2) is 0 Å². The smallest absolute Gasteiger partial charge is 0.139 e. The first-order chi connectivity index (χ1) is 23.4. The van der Waals surface area contributed by atoms with Crippen LogP contribution in [0.25, 0.3) is 55.3 Å². The number of para-hydroxylation sites is 1. The van der Waals surface area contributed by atoms with Gasteiger partial charge in [-0.3, -0.25) is 0 Å². The predicted octanol–water partition coefficient (Wildman–Crippen LogP) is 13.4. The molecular formula is C46H37NO. The molecule has 48 heavy (non-hydrogen) atoms. The Labute approximate surface area is 282 Å². The number of hydrogen-bond donors (Lipinski definition) is 0. The topological polar surface area (TPSA) is 16.4 Å². The van der Waals surface area contributed by atoms with E-state index < -0.39 is 0 Å². The zero-order valence-corrected chi connectivity index (χ0v) is 27.5. The summed E-state index contributed by atoms with van der Waals surface area (Å²) in [6.45, 7) is 6.78. The normalized spacial score (nSPS) is 11.6. The highest BCUT2D eigenvalue weighted by Gasteiger charge is 2.26. The molecule has 2 heteroatoms. The predicted molar refractivity (Wildman–Crippen MR) is 203 cm³/mol. The van der Waals surface area contributed by atoms with Crippen LogP contribution < -0.4 is 4.90 Å². The monoisotopic (exact) mass is 619 g/mol. The molecule has 0 aliphatic heterocycles. The van der Waals surface area contributed by atoms with Crippen LogP contribution in [0.1, 0.15) is 26.3 Å².